The Morgan fingerprint density at radius 1 is 1.55 bits per heavy atom. The van der Waals surface area contributed by atoms with Gasteiger partial charge in [-0.3, -0.25) is 0 Å². The highest BCUT2D eigenvalue weighted by Crippen LogP contribution is 2.56. The van der Waals surface area contributed by atoms with E-state index in [1.807, 2.05) is 6.92 Å². The summed E-state index contributed by atoms with van der Waals surface area (Å²) in [5, 5.41) is 9.55. The van der Waals surface area contributed by atoms with Crippen LogP contribution in [0.3, 0.4) is 0 Å². The normalized spacial score (nSPS) is 37.1. The van der Waals surface area contributed by atoms with Gasteiger partial charge in [-0.25, -0.2) is 0 Å². The molecule has 0 radical (unpaired) electrons. The Kier molecular flexibility index (Phi) is 1.69. The molecule has 2 atom stereocenters. The highest BCUT2D eigenvalue weighted by molar-refractivity contribution is 5.02. The molecule has 0 aromatic rings. The van der Waals surface area contributed by atoms with Gasteiger partial charge in [0.1, 0.15) is 0 Å². The molecule has 2 aliphatic rings. The summed E-state index contributed by atoms with van der Waals surface area (Å²) in [5.41, 5.74) is 0.260. The molecule has 1 saturated carbocycles. The van der Waals surface area contributed by atoms with E-state index in [1.165, 1.54) is 12.8 Å². The second-order valence-corrected chi connectivity index (χ2v) is 3.97. The third kappa shape index (κ3) is 1.09. The predicted octanol–water partition coefficient (Wildman–Crippen LogP) is 1.18. The zero-order valence-electron chi connectivity index (χ0n) is 7.05. The van der Waals surface area contributed by atoms with Crippen molar-refractivity contribution in [2.75, 3.05) is 13.2 Å². The van der Waals surface area contributed by atoms with Crippen LogP contribution >= 0.6 is 0 Å². The maximum Gasteiger partial charge on any atom is 0.0571 e. The van der Waals surface area contributed by atoms with Gasteiger partial charge in [0.2, 0.25) is 0 Å². The third-order valence-electron chi connectivity index (χ3n) is 3.40. The predicted molar refractivity (Wildman–Crippen MR) is 42.3 cm³/mol. The average Bonchev–Trinajstić information content (AvgIpc) is 2.61. The van der Waals surface area contributed by atoms with Crippen molar-refractivity contribution in [3.8, 4) is 0 Å². The van der Waals surface area contributed by atoms with Gasteiger partial charge in [0.05, 0.1) is 12.7 Å². The molecule has 1 saturated heterocycles. The van der Waals surface area contributed by atoms with Gasteiger partial charge in [0.25, 0.3) is 0 Å². The van der Waals surface area contributed by atoms with Crippen molar-refractivity contribution < 1.29 is 9.84 Å². The van der Waals surface area contributed by atoms with Gasteiger partial charge in [-0.2, -0.15) is 0 Å². The standard InChI is InChI=1S/C9H16O2/c1-7(10)9(3-4-9)8-2-5-11-6-8/h7-8,10H,2-6H2,1H3. The van der Waals surface area contributed by atoms with Gasteiger partial charge in [0, 0.05) is 12.0 Å². The Morgan fingerprint density at radius 2 is 2.27 bits per heavy atom. The topological polar surface area (TPSA) is 29.5 Å². The summed E-state index contributed by atoms with van der Waals surface area (Å²) in [4.78, 5) is 0. The first kappa shape index (κ1) is 7.56. The number of hydrogen-bond donors (Lipinski definition) is 1. The Morgan fingerprint density at radius 3 is 2.64 bits per heavy atom. The van der Waals surface area contributed by atoms with Gasteiger partial charge >= 0.3 is 0 Å². The first-order valence-corrected chi connectivity index (χ1v) is 4.51. The van der Waals surface area contributed by atoms with Crippen LogP contribution < -0.4 is 0 Å². The fourth-order valence-electron chi connectivity index (χ4n) is 2.30. The van der Waals surface area contributed by atoms with Crippen LogP contribution in [-0.2, 0) is 4.74 Å². The summed E-state index contributed by atoms with van der Waals surface area (Å²) in [5.74, 6) is 0.641. The monoisotopic (exact) mass is 156 g/mol. The summed E-state index contributed by atoms with van der Waals surface area (Å²) in [6.07, 6.45) is 3.44. The molecule has 1 aliphatic heterocycles. The van der Waals surface area contributed by atoms with Crippen LogP contribution in [0.4, 0.5) is 0 Å². The van der Waals surface area contributed by atoms with Crippen LogP contribution in [0.15, 0.2) is 0 Å². The van der Waals surface area contributed by atoms with E-state index < -0.39 is 0 Å². The Hall–Kier alpha value is -0.0800. The van der Waals surface area contributed by atoms with Crippen molar-refractivity contribution in [1.82, 2.24) is 0 Å². The van der Waals surface area contributed by atoms with Crippen LogP contribution in [0.25, 0.3) is 0 Å². The van der Waals surface area contributed by atoms with Crippen LogP contribution in [-0.4, -0.2) is 24.4 Å². The first-order valence-electron chi connectivity index (χ1n) is 4.51. The van der Waals surface area contributed by atoms with E-state index in [9.17, 15) is 5.11 Å². The maximum absolute atomic E-state index is 9.55. The van der Waals surface area contributed by atoms with Gasteiger partial charge in [0.15, 0.2) is 0 Å². The quantitative estimate of drug-likeness (QED) is 0.650. The molecule has 2 heteroatoms. The highest BCUT2D eigenvalue weighted by Gasteiger charge is 2.53. The number of rotatable bonds is 2. The third-order valence-corrected chi connectivity index (χ3v) is 3.40. The van der Waals surface area contributed by atoms with Crippen molar-refractivity contribution in [1.29, 1.82) is 0 Å². The number of aliphatic hydroxyl groups excluding tert-OH is 1. The van der Waals surface area contributed by atoms with E-state index in [-0.39, 0.29) is 11.5 Å². The number of hydrogen-bond acceptors (Lipinski definition) is 2. The van der Waals surface area contributed by atoms with E-state index in [2.05, 4.69) is 0 Å². The molecular formula is C9H16O2. The fraction of sp³-hybridized carbons (Fsp3) is 1.00. The van der Waals surface area contributed by atoms with E-state index in [0.717, 1.165) is 19.6 Å². The summed E-state index contributed by atoms with van der Waals surface area (Å²) in [6, 6.07) is 0. The smallest absolute Gasteiger partial charge is 0.0571 e. The number of ether oxygens (including phenoxy) is 1. The zero-order chi connectivity index (χ0) is 7.90. The van der Waals surface area contributed by atoms with Crippen molar-refractivity contribution in [2.24, 2.45) is 11.3 Å². The Balaban J connectivity index is 2.01. The molecule has 0 aromatic carbocycles. The highest BCUT2D eigenvalue weighted by atomic mass is 16.5. The van der Waals surface area contributed by atoms with Crippen LogP contribution in [0.5, 0.6) is 0 Å². The largest absolute Gasteiger partial charge is 0.393 e. The molecule has 0 spiro atoms. The van der Waals surface area contributed by atoms with Crippen molar-refractivity contribution in [3.63, 3.8) is 0 Å². The van der Waals surface area contributed by atoms with E-state index in [1.54, 1.807) is 0 Å². The van der Waals surface area contributed by atoms with Gasteiger partial charge < -0.3 is 9.84 Å². The second-order valence-electron chi connectivity index (χ2n) is 3.97. The molecule has 0 bridgehead atoms. The lowest BCUT2D eigenvalue weighted by Crippen LogP contribution is -2.27. The zero-order valence-corrected chi connectivity index (χ0v) is 7.05. The lowest BCUT2D eigenvalue weighted by molar-refractivity contribution is 0.0609. The van der Waals surface area contributed by atoms with E-state index in [0.29, 0.717) is 5.92 Å². The molecule has 1 N–H and O–H groups in total. The van der Waals surface area contributed by atoms with Gasteiger partial charge in [-0.15, -0.1) is 0 Å². The maximum atomic E-state index is 9.55. The summed E-state index contributed by atoms with van der Waals surface area (Å²) in [7, 11) is 0. The lowest BCUT2D eigenvalue weighted by Gasteiger charge is -2.24. The van der Waals surface area contributed by atoms with Crippen molar-refractivity contribution >= 4 is 0 Å². The van der Waals surface area contributed by atoms with Crippen LogP contribution in [0.1, 0.15) is 26.2 Å². The first-order chi connectivity index (χ1) is 5.26. The molecule has 1 aliphatic carbocycles. The van der Waals surface area contributed by atoms with E-state index in [4.69, 9.17) is 4.74 Å². The summed E-state index contributed by atoms with van der Waals surface area (Å²) >= 11 is 0. The lowest BCUT2D eigenvalue weighted by atomic mass is 9.84. The molecular weight excluding hydrogens is 140 g/mol. The van der Waals surface area contributed by atoms with Crippen LogP contribution in [0.2, 0.25) is 0 Å². The minimum absolute atomic E-state index is 0.130. The average molecular weight is 156 g/mol. The molecule has 2 unspecified atom stereocenters. The van der Waals surface area contributed by atoms with Gasteiger partial charge in [-0.1, -0.05) is 0 Å². The molecule has 0 aromatic heterocycles. The Bertz CT molecular complexity index is 144. The Labute approximate surface area is 67.6 Å². The van der Waals surface area contributed by atoms with Crippen LogP contribution in [0, 0.1) is 11.3 Å². The molecule has 11 heavy (non-hydrogen) atoms. The molecule has 2 rings (SSSR count). The van der Waals surface area contributed by atoms with Gasteiger partial charge in [-0.05, 0) is 32.1 Å². The molecule has 2 nitrogen and oxygen atoms in total. The number of aliphatic hydroxyl groups is 1. The fourth-order valence-corrected chi connectivity index (χ4v) is 2.30. The minimum Gasteiger partial charge on any atom is -0.393 e. The summed E-state index contributed by atoms with van der Waals surface area (Å²) < 4.78 is 5.32. The molecule has 64 valence electrons. The van der Waals surface area contributed by atoms with Crippen molar-refractivity contribution in [2.45, 2.75) is 32.3 Å². The molecule has 2 fully saturated rings. The minimum atomic E-state index is -0.130. The van der Waals surface area contributed by atoms with E-state index >= 15 is 0 Å². The molecule has 1 heterocycles. The SMILES string of the molecule is CC(O)C1(C2CCOC2)CC1. The second kappa shape index (κ2) is 2.46. The van der Waals surface area contributed by atoms with Crippen molar-refractivity contribution in [3.05, 3.63) is 0 Å². The molecule has 0 amide bonds. The summed E-state index contributed by atoms with van der Waals surface area (Å²) in [6.45, 7) is 3.70.